The molecule has 2 aromatic heterocycles. The van der Waals surface area contributed by atoms with Crippen molar-refractivity contribution < 1.29 is 13.9 Å². The van der Waals surface area contributed by atoms with E-state index in [-0.39, 0.29) is 12.0 Å². The Hall–Kier alpha value is -2.28. The zero-order chi connectivity index (χ0) is 16.5. The third-order valence-corrected chi connectivity index (χ3v) is 4.93. The maximum absolute atomic E-state index is 12.6. The summed E-state index contributed by atoms with van der Waals surface area (Å²) in [7, 11) is 0. The SMILES string of the molecule is Cc1nnc(C[C@@H]2OC[C@H]3CN(C(=O)c4cccnc4)CC[C@H]32)o1. The van der Waals surface area contributed by atoms with Crippen LogP contribution in [0.5, 0.6) is 0 Å². The average Bonchev–Trinajstić information content (AvgIpc) is 3.21. The van der Waals surface area contributed by atoms with Crippen LogP contribution in [0.15, 0.2) is 28.9 Å². The first-order valence-corrected chi connectivity index (χ1v) is 8.30. The fourth-order valence-electron chi connectivity index (χ4n) is 3.75. The van der Waals surface area contributed by atoms with Crippen molar-refractivity contribution in [2.24, 2.45) is 11.8 Å². The van der Waals surface area contributed by atoms with Crippen LogP contribution in [0.1, 0.15) is 28.6 Å². The summed E-state index contributed by atoms with van der Waals surface area (Å²) >= 11 is 0. The van der Waals surface area contributed by atoms with E-state index in [2.05, 4.69) is 15.2 Å². The molecule has 0 unspecified atom stereocenters. The molecule has 0 spiro atoms. The van der Waals surface area contributed by atoms with Gasteiger partial charge in [0.1, 0.15) is 0 Å². The molecule has 126 valence electrons. The van der Waals surface area contributed by atoms with Gasteiger partial charge in [-0.3, -0.25) is 9.78 Å². The van der Waals surface area contributed by atoms with Gasteiger partial charge in [0, 0.05) is 38.3 Å². The van der Waals surface area contributed by atoms with Crippen molar-refractivity contribution >= 4 is 5.91 Å². The number of nitrogens with zero attached hydrogens (tertiary/aromatic N) is 4. The standard InChI is InChI=1S/C17H20N4O3/c1-11-19-20-16(24-11)7-15-14-4-6-21(9-13(14)10-23-15)17(22)12-3-2-5-18-8-12/h2-3,5,8,13-15H,4,6-7,9-10H2,1H3/t13-,14-,15+/m1/s1. The van der Waals surface area contributed by atoms with E-state index in [1.165, 1.54) is 0 Å². The molecule has 24 heavy (non-hydrogen) atoms. The largest absolute Gasteiger partial charge is 0.425 e. The Morgan fingerprint density at radius 1 is 1.42 bits per heavy atom. The van der Waals surface area contributed by atoms with Gasteiger partial charge in [-0.05, 0) is 24.5 Å². The maximum Gasteiger partial charge on any atom is 0.255 e. The number of fused-ring (bicyclic) bond motifs is 1. The van der Waals surface area contributed by atoms with Crippen LogP contribution in [0.3, 0.4) is 0 Å². The Bertz CT molecular complexity index is 718. The molecular formula is C17H20N4O3. The van der Waals surface area contributed by atoms with Gasteiger partial charge in [0.05, 0.1) is 24.7 Å². The lowest BCUT2D eigenvalue weighted by Gasteiger charge is -2.35. The van der Waals surface area contributed by atoms with Crippen molar-refractivity contribution in [1.82, 2.24) is 20.1 Å². The number of ether oxygens (including phenoxy) is 1. The van der Waals surface area contributed by atoms with Crippen LogP contribution >= 0.6 is 0 Å². The summed E-state index contributed by atoms with van der Waals surface area (Å²) in [4.78, 5) is 18.5. The molecule has 2 fully saturated rings. The number of rotatable bonds is 3. The summed E-state index contributed by atoms with van der Waals surface area (Å²) < 4.78 is 11.4. The van der Waals surface area contributed by atoms with E-state index >= 15 is 0 Å². The van der Waals surface area contributed by atoms with Gasteiger partial charge in [-0.25, -0.2) is 0 Å². The molecule has 2 aromatic rings. The van der Waals surface area contributed by atoms with Gasteiger partial charge < -0.3 is 14.1 Å². The highest BCUT2D eigenvalue weighted by atomic mass is 16.5. The first-order valence-electron chi connectivity index (χ1n) is 8.30. The predicted molar refractivity (Wildman–Crippen MR) is 84.2 cm³/mol. The zero-order valence-corrected chi connectivity index (χ0v) is 13.6. The Kier molecular flexibility index (Phi) is 4.02. The Labute approximate surface area is 140 Å². The summed E-state index contributed by atoms with van der Waals surface area (Å²) in [5.74, 6) is 2.07. The molecule has 4 rings (SSSR count). The molecule has 0 radical (unpaired) electrons. The van der Waals surface area contributed by atoms with E-state index in [1.807, 2.05) is 11.0 Å². The molecule has 0 aliphatic carbocycles. The molecule has 7 heteroatoms. The molecule has 3 atom stereocenters. The molecule has 4 heterocycles. The minimum Gasteiger partial charge on any atom is -0.425 e. The number of likely N-dealkylation sites (tertiary alicyclic amines) is 1. The Morgan fingerprint density at radius 2 is 2.33 bits per heavy atom. The number of hydrogen-bond donors (Lipinski definition) is 0. The lowest BCUT2D eigenvalue weighted by atomic mass is 9.83. The van der Waals surface area contributed by atoms with Gasteiger partial charge in [-0.2, -0.15) is 0 Å². The number of piperidine rings is 1. The smallest absolute Gasteiger partial charge is 0.255 e. The van der Waals surface area contributed by atoms with Crippen LogP contribution in [0.25, 0.3) is 0 Å². The lowest BCUT2D eigenvalue weighted by Crippen LogP contribution is -2.44. The van der Waals surface area contributed by atoms with Gasteiger partial charge in [-0.1, -0.05) is 0 Å². The minimum atomic E-state index is 0.0533. The summed E-state index contributed by atoms with van der Waals surface area (Å²) in [5, 5.41) is 7.93. The normalized spacial score (nSPS) is 26.4. The Balaban J connectivity index is 1.40. The highest BCUT2D eigenvalue weighted by Gasteiger charge is 2.42. The van der Waals surface area contributed by atoms with Gasteiger partial charge in [-0.15, -0.1) is 10.2 Å². The minimum absolute atomic E-state index is 0.0533. The third kappa shape index (κ3) is 2.91. The molecule has 2 aliphatic heterocycles. The van der Waals surface area contributed by atoms with E-state index in [9.17, 15) is 4.79 Å². The number of aryl methyl sites for hydroxylation is 1. The van der Waals surface area contributed by atoms with Crippen LogP contribution < -0.4 is 0 Å². The summed E-state index contributed by atoms with van der Waals surface area (Å²) in [6.45, 7) is 3.95. The van der Waals surface area contributed by atoms with E-state index in [1.54, 1.807) is 25.4 Å². The molecule has 0 aromatic carbocycles. The lowest BCUT2D eigenvalue weighted by molar-refractivity contribution is 0.0603. The number of hydrogen-bond acceptors (Lipinski definition) is 6. The van der Waals surface area contributed by atoms with E-state index in [0.717, 1.165) is 19.5 Å². The van der Waals surface area contributed by atoms with Gasteiger partial charge in [0.15, 0.2) is 0 Å². The second kappa shape index (κ2) is 6.32. The molecular weight excluding hydrogens is 308 g/mol. The summed E-state index contributed by atoms with van der Waals surface area (Å²) in [6, 6.07) is 3.61. The fraction of sp³-hybridized carbons (Fsp3) is 0.529. The van der Waals surface area contributed by atoms with Crippen molar-refractivity contribution in [3.05, 3.63) is 41.9 Å². The number of carbonyl (C=O) groups excluding carboxylic acids is 1. The number of carbonyl (C=O) groups is 1. The number of pyridine rings is 1. The molecule has 2 aliphatic rings. The quantitative estimate of drug-likeness (QED) is 0.849. The summed E-state index contributed by atoms with van der Waals surface area (Å²) in [6.07, 6.45) is 5.00. The average molecular weight is 328 g/mol. The maximum atomic E-state index is 12.6. The highest BCUT2D eigenvalue weighted by Crippen LogP contribution is 2.36. The number of aromatic nitrogens is 3. The van der Waals surface area contributed by atoms with E-state index in [4.69, 9.17) is 9.15 Å². The van der Waals surface area contributed by atoms with Gasteiger partial charge in [0.25, 0.3) is 5.91 Å². The van der Waals surface area contributed by atoms with Crippen molar-refractivity contribution in [1.29, 1.82) is 0 Å². The van der Waals surface area contributed by atoms with Gasteiger partial charge in [0.2, 0.25) is 11.8 Å². The van der Waals surface area contributed by atoms with Crippen LogP contribution in [-0.4, -0.2) is 51.8 Å². The first kappa shape index (κ1) is 15.3. The monoisotopic (exact) mass is 328 g/mol. The van der Waals surface area contributed by atoms with Crippen LogP contribution in [0.2, 0.25) is 0 Å². The third-order valence-electron chi connectivity index (χ3n) is 4.93. The van der Waals surface area contributed by atoms with Crippen molar-refractivity contribution in [2.45, 2.75) is 25.9 Å². The molecule has 0 saturated carbocycles. The second-order valence-electron chi connectivity index (χ2n) is 6.50. The highest BCUT2D eigenvalue weighted by molar-refractivity contribution is 5.93. The van der Waals surface area contributed by atoms with Crippen molar-refractivity contribution in [3.63, 3.8) is 0 Å². The fourth-order valence-corrected chi connectivity index (χ4v) is 3.75. The van der Waals surface area contributed by atoms with Crippen LogP contribution in [-0.2, 0) is 11.2 Å². The molecule has 1 amide bonds. The zero-order valence-electron chi connectivity index (χ0n) is 13.6. The predicted octanol–water partition coefficient (Wildman–Crippen LogP) is 1.49. The topological polar surface area (TPSA) is 81.4 Å². The summed E-state index contributed by atoms with van der Waals surface area (Å²) in [5.41, 5.74) is 0.646. The molecule has 0 bridgehead atoms. The van der Waals surface area contributed by atoms with E-state index in [0.29, 0.717) is 42.2 Å². The van der Waals surface area contributed by atoms with Gasteiger partial charge >= 0.3 is 0 Å². The first-order chi connectivity index (χ1) is 11.7. The number of amides is 1. The molecule has 2 saturated heterocycles. The van der Waals surface area contributed by atoms with E-state index < -0.39 is 0 Å². The Morgan fingerprint density at radius 3 is 3.08 bits per heavy atom. The second-order valence-corrected chi connectivity index (χ2v) is 6.50. The molecule has 0 N–H and O–H groups in total. The van der Waals surface area contributed by atoms with Crippen molar-refractivity contribution in [2.75, 3.05) is 19.7 Å². The molecule has 7 nitrogen and oxygen atoms in total. The van der Waals surface area contributed by atoms with Crippen molar-refractivity contribution in [3.8, 4) is 0 Å². The van der Waals surface area contributed by atoms with Crippen LogP contribution in [0.4, 0.5) is 0 Å². The van der Waals surface area contributed by atoms with Crippen LogP contribution in [0, 0.1) is 18.8 Å².